The first kappa shape index (κ1) is 23.9. The summed E-state index contributed by atoms with van der Waals surface area (Å²) in [5.74, 6) is -0.649. The maximum atomic E-state index is 13.6. The zero-order valence-electron chi connectivity index (χ0n) is 20.3. The van der Waals surface area contributed by atoms with Crippen LogP contribution in [0, 0.1) is 20.8 Å². The molecule has 0 spiro atoms. The summed E-state index contributed by atoms with van der Waals surface area (Å²) in [5, 5.41) is 2.87. The highest BCUT2D eigenvalue weighted by molar-refractivity contribution is 5.93. The number of hydrogen-bond donors (Lipinski definition) is 1. The fourth-order valence-electron chi connectivity index (χ4n) is 3.97. The zero-order chi connectivity index (χ0) is 25.1. The second-order valence-electron chi connectivity index (χ2n) is 8.69. The van der Waals surface area contributed by atoms with E-state index >= 15 is 0 Å². The van der Waals surface area contributed by atoms with E-state index in [2.05, 4.69) is 10.3 Å². The number of hydrogen-bond acceptors (Lipinski definition) is 4. The first-order valence-electron chi connectivity index (χ1n) is 11.4. The average Bonchev–Trinajstić information content (AvgIpc) is 2.82. The predicted molar refractivity (Wildman–Crippen MR) is 139 cm³/mol. The lowest BCUT2D eigenvalue weighted by Crippen LogP contribution is -2.38. The van der Waals surface area contributed by atoms with E-state index in [-0.39, 0.29) is 30.7 Å². The number of aromatic nitrogens is 2. The van der Waals surface area contributed by atoms with E-state index in [0.29, 0.717) is 16.7 Å². The third kappa shape index (κ3) is 5.14. The number of para-hydroxylation sites is 2. The van der Waals surface area contributed by atoms with Crippen LogP contribution in [0.2, 0.25) is 0 Å². The summed E-state index contributed by atoms with van der Waals surface area (Å²) in [6.45, 7) is 7.34. The van der Waals surface area contributed by atoms with Gasteiger partial charge in [0.25, 0.3) is 5.56 Å². The maximum absolute atomic E-state index is 13.6. The van der Waals surface area contributed by atoms with Gasteiger partial charge >= 0.3 is 0 Å². The van der Waals surface area contributed by atoms with Gasteiger partial charge in [0.2, 0.25) is 17.6 Å². The van der Waals surface area contributed by atoms with Gasteiger partial charge in [-0.15, -0.1) is 0 Å². The van der Waals surface area contributed by atoms with E-state index in [9.17, 15) is 14.4 Å². The van der Waals surface area contributed by atoms with Crippen LogP contribution in [-0.2, 0) is 22.7 Å². The third-order valence-electron chi connectivity index (χ3n) is 6.15. The Balaban J connectivity index is 1.74. The second kappa shape index (κ2) is 9.93. The van der Waals surface area contributed by atoms with Crippen LogP contribution in [-0.4, -0.2) is 21.4 Å². The van der Waals surface area contributed by atoms with E-state index in [1.165, 1.54) is 16.4 Å². The van der Waals surface area contributed by atoms with Gasteiger partial charge < -0.3 is 5.32 Å². The molecule has 3 aromatic carbocycles. The van der Waals surface area contributed by atoms with E-state index in [1.807, 2.05) is 69.3 Å². The number of carbonyl (C=O) groups excluding carboxylic acids is 2. The molecule has 4 aromatic rings. The molecule has 0 fully saturated rings. The molecule has 1 aromatic heterocycles. The lowest BCUT2D eigenvalue weighted by molar-refractivity contribution is -0.117. The Morgan fingerprint density at radius 1 is 0.914 bits per heavy atom. The van der Waals surface area contributed by atoms with Crippen LogP contribution in [0.1, 0.15) is 29.2 Å². The van der Waals surface area contributed by atoms with Gasteiger partial charge in [-0.25, -0.2) is 4.98 Å². The Hall–Kier alpha value is -4.26. The molecule has 4 rings (SSSR count). The van der Waals surface area contributed by atoms with Crippen LogP contribution < -0.4 is 15.8 Å². The smallest absolute Gasteiger partial charge is 0.294 e. The fourth-order valence-corrected chi connectivity index (χ4v) is 3.97. The molecule has 35 heavy (non-hydrogen) atoms. The van der Waals surface area contributed by atoms with E-state index < -0.39 is 5.56 Å². The highest BCUT2D eigenvalue weighted by Gasteiger charge is 2.22. The minimum Gasteiger partial charge on any atom is -0.325 e. The molecule has 0 saturated carbocycles. The summed E-state index contributed by atoms with van der Waals surface area (Å²) in [6, 6.07) is 20.5. The second-order valence-corrected chi connectivity index (χ2v) is 8.69. The molecule has 7 heteroatoms. The number of benzene rings is 3. The van der Waals surface area contributed by atoms with Crippen LogP contribution >= 0.6 is 0 Å². The average molecular weight is 469 g/mol. The summed E-state index contributed by atoms with van der Waals surface area (Å²) in [7, 11) is 0. The summed E-state index contributed by atoms with van der Waals surface area (Å²) in [6.07, 6.45) is 0. The Kier molecular flexibility index (Phi) is 6.78. The van der Waals surface area contributed by atoms with Crippen molar-refractivity contribution < 1.29 is 9.59 Å². The first-order chi connectivity index (χ1) is 16.7. The number of amides is 2. The van der Waals surface area contributed by atoms with Crippen molar-refractivity contribution in [2.24, 2.45) is 0 Å². The minimum absolute atomic E-state index is 0.00145. The predicted octanol–water partition coefficient (Wildman–Crippen LogP) is 4.51. The largest absolute Gasteiger partial charge is 0.325 e. The van der Waals surface area contributed by atoms with Crippen molar-refractivity contribution in [1.82, 2.24) is 9.55 Å². The standard InChI is InChI=1S/C28H28N4O3/c1-18-13-14-23(15-20(18)3)29-26(34)17-32-25-12-8-7-11-24(25)30-27(28(32)35)31(21(4)33)16-22-10-6-5-9-19(22)2/h5-15H,16-17H2,1-4H3,(H,29,34). The molecule has 0 aliphatic heterocycles. The van der Waals surface area contributed by atoms with Crippen molar-refractivity contribution in [2.75, 3.05) is 10.2 Å². The number of fused-ring (bicyclic) bond motifs is 1. The fraction of sp³-hybridized carbons (Fsp3) is 0.214. The van der Waals surface area contributed by atoms with Gasteiger partial charge in [-0.05, 0) is 67.3 Å². The quantitative estimate of drug-likeness (QED) is 0.451. The topological polar surface area (TPSA) is 84.3 Å². The molecule has 0 saturated heterocycles. The van der Waals surface area contributed by atoms with Crippen LogP contribution in [0.5, 0.6) is 0 Å². The summed E-state index contributed by atoms with van der Waals surface area (Å²) >= 11 is 0. The van der Waals surface area contributed by atoms with E-state index in [4.69, 9.17) is 0 Å². The molecular weight excluding hydrogens is 440 g/mol. The number of anilines is 2. The van der Waals surface area contributed by atoms with Gasteiger partial charge in [0.1, 0.15) is 6.54 Å². The summed E-state index contributed by atoms with van der Waals surface area (Å²) in [4.78, 5) is 45.1. The van der Waals surface area contributed by atoms with Crippen molar-refractivity contribution in [3.8, 4) is 0 Å². The number of aryl methyl sites for hydroxylation is 3. The third-order valence-corrected chi connectivity index (χ3v) is 6.15. The molecule has 0 radical (unpaired) electrons. The molecule has 1 heterocycles. The van der Waals surface area contributed by atoms with Gasteiger partial charge in [-0.2, -0.15) is 0 Å². The molecule has 1 N–H and O–H groups in total. The molecule has 178 valence electrons. The van der Waals surface area contributed by atoms with Crippen LogP contribution in [0.3, 0.4) is 0 Å². The molecule has 2 amide bonds. The van der Waals surface area contributed by atoms with E-state index in [1.54, 1.807) is 18.2 Å². The van der Waals surface area contributed by atoms with Crippen molar-refractivity contribution >= 4 is 34.4 Å². The molecular formula is C28H28N4O3. The van der Waals surface area contributed by atoms with Crippen molar-refractivity contribution in [3.05, 3.63) is 99.3 Å². The van der Waals surface area contributed by atoms with Crippen molar-refractivity contribution in [2.45, 2.75) is 40.8 Å². The summed E-state index contributed by atoms with van der Waals surface area (Å²) in [5.41, 5.74) is 5.32. The van der Waals surface area contributed by atoms with Gasteiger partial charge in [0.15, 0.2) is 0 Å². The Bertz CT molecular complexity index is 1490. The van der Waals surface area contributed by atoms with Gasteiger partial charge in [-0.1, -0.05) is 42.5 Å². The molecule has 0 atom stereocenters. The molecule has 0 bridgehead atoms. The molecule has 0 aliphatic rings. The van der Waals surface area contributed by atoms with Crippen molar-refractivity contribution in [3.63, 3.8) is 0 Å². The first-order valence-corrected chi connectivity index (χ1v) is 11.4. The lowest BCUT2D eigenvalue weighted by atomic mass is 10.1. The Morgan fingerprint density at radius 2 is 1.63 bits per heavy atom. The maximum Gasteiger partial charge on any atom is 0.294 e. The van der Waals surface area contributed by atoms with Gasteiger partial charge in [-0.3, -0.25) is 23.9 Å². The highest BCUT2D eigenvalue weighted by atomic mass is 16.2. The molecule has 0 aliphatic carbocycles. The Morgan fingerprint density at radius 3 is 2.34 bits per heavy atom. The lowest BCUT2D eigenvalue weighted by Gasteiger charge is -2.22. The molecule has 7 nitrogen and oxygen atoms in total. The Labute approximate surface area is 204 Å². The number of carbonyl (C=O) groups is 2. The minimum atomic E-state index is -0.497. The summed E-state index contributed by atoms with van der Waals surface area (Å²) < 4.78 is 1.38. The van der Waals surface area contributed by atoms with E-state index in [0.717, 1.165) is 22.3 Å². The number of nitrogens with zero attached hydrogens (tertiary/aromatic N) is 3. The zero-order valence-corrected chi connectivity index (χ0v) is 20.3. The number of rotatable bonds is 6. The molecule has 0 unspecified atom stereocenters. The van der Waals surface area contributed by atoms with Crippen LogP contribution in [0.25, 0.3) is 11.0 Å². The number of nitrogens with one attached hydrogen (secondary N) is 1. The van der Waals surface area contributed by atoms with Crippen molar-refractivity contribution in [1.29, 1.82) is 0 Å². The monoisotopic (exact) mass is 468 g/mol. The van der Waals surface area contributed by atoms with Crippen LogP contribution in [0.4, 0.5) is 11.5 Å². The highest BCUT2D eigenvalue weighted by Crippen LogP contribution is 2.19. The van der Waals surface area contributed by atoms with Crippen LogP contribution in [0.15, 0.2) is 71.5 Å². The van der Waals surface area contributed by atoms with Gasteiger partial charge in [0.05, 0.1) is 17.6 Å². The SMILES string of the molecule is CC(=O)N(Cc1ccccc1C)c1nc2ccccc2n(CC(=O)Nc2ccc(C)c(C)c2)c1=O. The van der Waals surface area contributed by atoms with Gasteiger partial charge in [0, 0.05) is 12.6 Å². The normalized spacial score (nSPS) is 10.9.